The fourth-order valence-electron chi connectivity index (χ4n) is 5.27. The van der Waals surface area contributed by atoms with Crippen molar-refractivity contribution in [3.8, 4) is 11.5 Å². The van der Waals surface area contributed by atoms with Gasteiger partial charge in [0.25, 0.3) is 5.91 Å². The quantitative estimate of drug-likeness (QED) is 0.102. The van der Waals surface area contributed by atoms with Crippen LogP contribution >= 0.6 is 0 Å². The number of benzene rings is 2. The number of anilines is 5. The van der Waals surface area contributed by atoms with Gasteiger partial charge in [0.05, 0.1) is 12.2 Å². The van der Waals surface area contributed by atoms with Crippen molar-refractivity contribution in [1.82, 2.24) is 30.1 Å². The summed E-state index contributed by atoms with van der Waals surface area (Å²) in [5.74, 6) is 1.35. The second-order valence-electron chi connectivity index (χ2n) is 13.1. The van der Waals surface area contributed by atoms with Crippen molar-refractivity contribution in [2.75, 3.05) is 49.3 Å². The predicted molar refractivity (Wildman–Crippen MR) is 196 cm³/mol. The summed E-state index contributed by atoms with van der Waals surface area (Å²) in [6, 6.07) is 16.9. The number of aldehydes is 1. The lowest BCUT2D eigenvalue weighted by Gasteiger charge is -2.37. The molecule has 0 bridgehead atoms. The van der Waals surface area contributed by atoms with Crippen molar-refractivity contribution in [3.05, 3.63) is 84.3 Å². The summed E-state index contributed by atoms with van der Waals surface area (Å²) in [6.07, 6.45) is 4.71. The Balaban J connectivity index is 1.37. The molecular formula is C37H43N9O6. The molecule has 15 heteroatoms. The molecule has 0 spiro atoms. The predicted octanol–water partition coefficient (Wildman–Crippen LogP) is 6.10. The van der Waals surface area contributed by atoms with Crippen LogP contribution in [0.1, 0.15) is 49.7 Å². The van der Waals surface area contributed by atoms with E-state index in [1.54, 1.807) is 92.5 Å². The Labute approximate surface area is 302 Å². The number of amides is 4. The topological polar surface area (TPSA) is 171 Å². The van der Waals surface area contributed by atoms with E-state index < -0.39 is 11.7 Å². The van der Waals surface area contributed by atoms with E-state index >= 15 is 0 Å². The fraction of sp³-hybridized carbons (Fsp3) is 0.324. The van der Waals surface area contributed by atoms with Gasteiger partial charge in [-0.05, 0) is 89.3 Å². The molecule has 15 nitrogen and oxygen atoms in total. The molecule has 0 radical (unpaired) electrons. The minimum atomic E-state index is -0.685. The number of likely N-dealkylation sites (N-methyl/N-ethyl adjacent to an activating group) is 1. The van der Waals surface area contributed by atoms with Gasteiger partial charge in [-0.15, -0.1) is 0 Å². The molecule has 3 heterocycles. The molecule has 0 atom stereocenters. The van der Waals surface area contributed by atoms with Crippen molar-refractivity contribution in [1.29, 1.82) is 0 Å². The van der Waals surface area contributed by atoms with Gasteiger partial charge < -0.3 is 34.7 Å². The Morgan fingerprint density at radius 3 is 2.52 bits per heavy atom. The minimum Gasteiger partial charge on any atom is -0.457 e. The van der Waals surface area contributed by atoms with Crippen molar-refractivity contribution in [2.45, 2.75) is 45.8 Å². The fourth-order valence-corrected chi connectivity index (χ4v) is 5.27. The van der Waals surface area contributed by atoms with Crippen LogP contribution in [0.15, 0.2) is 73.1 Å². The summed E-state index contributed by atoms with van der Waals surface area (Å²) < 4.78 is 11.3. The van der Waals surface area contributed by atoms with E-state index in [0.29, 0.717) is 60.4 Å². The molecule has 3 N–H and O–H groups in total. The van der Waals surface area contributed by atoms with Crippen molar-refractivity contribution in [3.63, 3.8) is 0 Å². The SMILES string of the molecule is CNC(=O)c1cc(Oc2ccc(Nc3ncc4c(n3)N(c3cccc(NC(=O)OC(C)(C)C)c3)C(=O)N(CCN(C)CCCC=O)C4)cc2)ccn1. The van der Waals surface area contributed by atoms with Gasteiger partial charge in [-0.3, -0.25) is 15.1 Å². The lowest BCUT2D eigenvalue weighted by molar-refractivity contribution is -0.108. The van der Waals surface area contributed by atoms with E-state index in [1.165, 1.54) is 18.1 Å². The molecule has 5 rings (SSSR count). The third-order valence-corrected chi connectivity index (χ3v) is 7.78. The van der Waals surface area contributed by atoms with Crippen LogP contribution in [0.4, 0.5) is 38.4 Å². The first-order valence-electron chi connectivity index (χ1n) is 16.8. The zero-order chi connectivity index (χ0) is 37.3. The third kappa shape index (κ3) is 10.0. The highest BCUT2D eigenvalue weighted by Gasteiger charge is 2.34. The van der Waals surface area contributed by atoms with E-state index in [1.807, 2.05) is 7.05 Å². The van der Waals surface area contributed by atoms with Gasteiger partial charge >= 0.3 is 12.1 Å². The number of unbranched alkanes of at least 4 members (excludes halogenated alkanes) is 1. The van der Waals surface area contributed by atoms with Gasteiger partial charge in [0.1, 0.15) is 29.1 Å². The maximum absolute atomic E-state index is 14.2. The van der Waals surface area contributed by atoms with E-state index in [2.05, 4.69) is 30.8 Å². The van der Waals surface area contributed by atoms with Crippen LogP contribution in [0.5, 0.6) is 11.5 Å². The second-order valence-corrected chi connectivity index (χ2v) is 13.1. The summed E-state index contributed by atoms with van der Waals surface area (Å²) >= 11 is 0. The summed E-state index contributed by atoms with van der Waals surface area (Å²) in [6.45, 7) is 7.40. The summed E-state index contributed by atoms with van der Waals surface area (Å²) in [5, 5.41) is 8.49. The summed E-state index contributed by atoms with van der Waals surface area (Å²) in [7, 11) is 3.49. The average Bonchev–Trinajstić information content (AvgIpc) is 3.11. The number of nitrogens with one attached hydrogen (secondary N) is 3. The lowest BCUT2D eigenvalue weighted by Crippen LogP contribution is -2.47. The summed E-state index contributed by atoms with van der Waals surface area (Å²) in [5.41, 5.74) is 1.89. The normalized spacial score (nSPS) is 12.6. The number of nitrogens with zero attached hydrogens (tertiary/aromatic N) is 6. The highest BCUT2D eigenvalue weighted by molar-refractivity contribution is 6.01. The average molecular weight is 710 g/mol. The molecule has 4 amide bonds. The van der Waals surface area contributed by atoms with Crippen molar-refractivity contribution in [2.24, 2.45) is 0 Å². The van der Waals surface area contributed by atoms with E-state index in [0.717, 1.165) is 24.8 Å². The third-order valence-electron chi connectivity index (χ3n) is 7.78. The van der Waals surface area contributed by atoms with Crippen LogP contribution in [0, 0.1) is 0 Å². The largest absolute Gasteiger partial charge is 0.457 e. The van der Waals surface area contributed by atoms with E-state index in [-0.39, 0.29) is 23.6 Å². The highest BCUT2D eigenvalue weighted by atomic mass is 16.6. The molecule has 0 saturated heterocycles. The molecule has 52 heavy (non-hydrogen) atoms. The van der Waals surface area contributed by atoms with Crippen molar-refractivity contribution >= 4 is 53.1 Å². The molecular weight excluding hydrogens is 666 g/mol. The molecule has 2 aromatic heterocycles. The lowest BCUT2D eigenvalue weighted by atomic mass is 10.1. The maximum atomic E-state index is 14.2. The molecule has 1 aliphatic heterocycles. The zero-order valence-corrected chi connectivity index (χ0v) is 29.9. The number of rotatable bonds is 14. The number of hydrogen-bond acceptors (Lipinski definition) is 11. The van der Waals surface area contributed by atoms with Crippen LogP contribution in [-0.2, 0) is 16.1 Å². The van der Waals surface area contributed by atoms with Crippen LogP contribution in [0.3, 0.4) is 0 Å². The molecule has 0 unspecified atom stereocenters. The highest BCUT2D eigenvalue weighted by Crippen LogP contribution is 2.35. The molecule has 0 fully saturated rings. The number of aromatic nitrogens is 3. The number of pyridine rings is 1. The minimum absolute atomic E-state index is 0.239. The number of carbonyl (C=O) groups is 4. The van der Waals surface area contributed by atoms with Crippen LogP contribution in [0.25, 0.3) is 0 Å². The standard InChI is InChI=1S/C37H43N9O6/c1-37(2,3)52-35(49)42-27-9-8-10-28(21-27)46-32-25(24-45(36(46)50)19-18-44(5)17-6-7-20-47)23-40-34(43-32)41-26-11-13-29(14-12-26)51-30-15-16-39-31(22-30)33(48)38-4/h8-16,20-23H,6-7,17-19,24H2,1-5H3,(H,38,48)(H,42,49)(H,40,41,43). The molecule has 2 aromatic carbocycles. The Bertz CT molecular complexity index is 1900. The molecule has 0 aliphatic carbocycles. The van der Waals surface area contributed by atoms with Crippen LogP contribution in [0.2, 0.25) is 0 Å². The van der Waals surface area contributed by atoms with Crippen LogP contribution in [-0.4, -0.2) is 88.4 Å². The molecule has 272 valence electrons. The number of ether oxygens (including phenoxy) is 2. The van der Waals surface area contributed by atoms with Crippen LogP contribution < -0.4 is 25.6 Å². The van der Waals surface area contributed by atoms with Gasteiger partial charge in [-0.1, -0.05) is 6.07 Å². The number of urea groups is 1. The second kappa shape index (κ2) is 16.7. The van der Waals surface area contributed by atoms with Gasteiger partial charge in [0.2, 0.25) is 5.95 Å². The Morgan fingerprint density at radius 2 is 1.79 bits per heavy atom. The number of carbonyl (C=O) groups excluding carboxylic acids is 4. The van der Waals surface area contributed by atoms with Gasteiger partial charge in [-0.2, -0.15) is 4.98 Å². The number of fused-ring (bicyclic) bond motifs is 1. The van der Waals surface area contributed by atoms with E-state index in [4.69, 9.17) is 14.5 Å². The Kier molecular flexibility index (Phi) is 12.0. The van der Waals surface area contributed by atoms with Crippen molar-refractivity contribution < 1.29 is 28.7 Å². The maximum Gasteiger partial charge on any atom is 0.412 e. The monoisotopic (exact) mass is 709 g/mol. The van der Waals surface area contributed by atoms with E-state index in [9.17, 15) is 19.2 Å². The zero-order valence-electron chi connectivity index (χ0n) is 29.9. The van der Waals surface area contributed by atoms with Gasteiger partial charge in [-0.25, -0.2) is 19.5 Å². The smallest absolute Gasteiger partial charge is 0.412 e. The van der Waals surface area contributed by atoms with Gasteiger partial charge in [0.15, 0.2) is 5.82 Å². The Hall–Kier alpha value is -6.09. The first-order valence-corrected chi connectivity index (χ1v) is 16.8. The first kappa shape index (κ1) is 37.2. The number of hydrogen-bond donors (Lipinski definition) is 3. The molecule has 4 aromatic rings. The molecule has 1 aliphatic rings. The first-order chi connectivity index (χ1) is 24.9. The molecule has 0 saturated carbocycles. The Morgan fingerprint density at radius 1 is 1.00 bits per heavy atom. The van der Waals surface area contributed by atoms with Gasteiger partial charge in [0, 0.05) is 62.0 Å². The summed E-state index contributed by atoms with van der Waals surface area (Å²) in [4.78, 5) is 68.1.